The third-order valence-corrected chi connectivity index (χ3v) is 6.54. The van der Waals surface area contributed by atoms with Crippen LogP contribution in [0.3, 0.4) is 0 Å². The first kappa shape index (κ1) is 19.1. The standard InChI is InChI=1S/C20H29N3O2S/c1-13-15(5-3-6-16(13)21)20(25)22-17-9-8-14-10-11-23(19(14)17)18(24)7-4-12-26-2/h3,5-6,14,17,19H,4,7-12,21H2,1-2H3,(H,22,25)/t14-,17+,19+/m0/s1. The zero-order chi connectivity index (χ0) is 18.7. The lowest BCUT2D eigenvalue weighted by Gasteiger charge is -2.30. The fourth-order valence-electron chi connectivity index (χ4n) is 4.41. The highest BCUT2D eigenvalue weighted by molar-refractivity contribution is 7.98. The molecule has 1 aliphatic heterocycles. The first-order valence-electron chi connectivity index (χ1n) is 9.47. The maximum atomic E-state index is 12.8. The van der Waals surface area contributed by atoms with Crippen LogP contribution in [0.25, 0.3) is 0 Å². The van der Waals surface area contributed by atoms with E-state index in [0.717, 1.165) is 43.5 Å². The van der Waals surface area contributed by atoms with Crippen molar-refractivity contribution in [3.63, 3.8) is 0 Å². The largest absolute Gasteiger partial charge is 0.398 e. The molecule has 3 atom stereocenters. The van der Waals surface area contributed by atoms with E-state index in [0.29, 0.717) is 23.6 Å². The van der Waals surface area contributed by atoms with Crippen molar-refractivity contribution in [3.8, 4) is 0 Å². The van der Waals surface area contributed by atoms with Crippen LogP contribution in [0.1, 0.15) is 48.0 Å². The molecule has 2 fully saturated rings. The predicted octanol–water partition coefficient (Wildman–Crippen LogP) is 2.83. The number of likely N-dealkylation sites (tertiary alicyclic amines) is 1. The van der Waals surface area contributed by atoms with Gasteiger partial charge in [-0.2, -0.15) is 11.8 Å². The van der Waals surface area contributed by atoms with Crippen LogP contribution in [0.4, 0.5) is 5.69 Å². The lowest BCUT2D eigenvalue weighted by Crippen LogP contribution is -2.49. The number of nitrogens with two attached hydrogens (primary N) is 1. The molecule has 2 aliphatic rings. The lowest BCUT2D eigenvalue weighted by molar-refractivity contribution is -0.132. The molecule has 1 aromatic carbocycles. The number of nitrogen functional groups attached to an aromatic ring is 1. The number of amides is 2. The molecular formula is C20H29N3O2S. The quantitative estimate of drug-likeness (QED) is 0.592. The molecule has 0 spiro atoms. The molecule has 1 saturated heterocycles. The highest BCUT2D eigenvalue weighted by atomic mass is 32.2. The number of nitrogens with zero attached hydrogens (tertiary/aromatic N) is 1. The minimum Gasteiger partial charge on any atom is -0.398 e. The lowest BCUT2D eigenvalue weighted by atomic mass is 10.0. The fourth-order valence-corrected chi connectivity index (χ4v) is 4.84. The molecule has 5 nitrogen and oxygen atoms in total. The minimum absolute atomic E-state index is 0.0420. The average molecular weight is 376 g/mol. The molecule has 2 amide bonds. The first-order valence-corrected chi connectivity index (χ1v) is 10.9. The van der Waals surface area contributed by atoms with Gasteiger partial charge in [0.2, 0.25) is 5.91 Å². The molecule has 1 aromatic rings. The molecule has 26 heavy (non-hydrogen) atoms. The van der Waals surface area contributed by atoms with E-state index in [2.05, 4.69) is 11.6 Å². The van der Waals surface area contributed by atoms with Crippen molar-refractivity contribution >= 4 is 29.3 Å². The van der Waals surface area contributed by atoms with Crippen LogP contribution in [0.15, 0.2) is 18.2 Å². The van der Waals surface area contributed by atoms with Crippen LogP contribution in [0, 0.1) is 12.8 Å². The maximum Gasteiger partial charge on any atom is 0.251 e. The highest BCUT2D eigenvalue weighted by Crippen LogP contribution is 2.38. The number of rotatable bonds is 6. The average Bonchev–Trinajstić information content (AvgIpc) is 3.20. The third-order valence-electron chi connectivity index (χ3n) is 5.84. The van der Waals surface area contributed by atoms with Crippen LogP contribution < -0.4 is 11.1 Å². The van der Waals surface area contributed by atoms with E-state index in [9.17, 15) is 9.59 Å². The van der Waals surface area contributed by atoms with E-state index < -0.39 is 0 Å². The van der Waals surface area contributed by atoms with Gasteiger partial charge in [0.05, 0.1) is 6.04 Å². The summed E-state index contributed by atoms with van der Waals surface area (Å²) in [6, 6.07) is 5.63. The number of hydrogen-bond donors (Lipinski definition) is 2. The van der Waals surface area contributed by atoms with Gasteiger partial charge in [0.15, 0.2) is 0 Å². The zero-order valence-electron chi connectivity index (χ0n) is 15.7. The number of fused-ring (bicyclic) bond motifs is 1. The summed E-state index contributed by atoms with van der Waals surface area (Å²) in [6.07, 6.45) is 6.68. The number of carbonyl (C=O) groups is 2. The van der Waals surface area contributed by atoms with E-state index >= 15 is 0 Å². The summed E-state index contributed by atoms with van der Waals surface area (Å²) >= 11 is 1.78. The van der Waals surface area contributed by atoms with Gasteiger partial charge in [-0.1, -0.05) is 6.07 Å². The molecule has 0 bridgehead atoms. The van der Waals surface area contributed by atoms with E-state index in [1.807, 2.05) is 30.0 Å². The molecule has 3 rings (SSSR count). The van der Waals surface area contributed by atoms with Crippen LogP contribution in [-0.2, 0) is 4.79 Å². The van der Waals surface area contributed by atoms with Crippen molar-refractivity contribution in [3.05, 3.63) is 29.3 Å². The van der Waals surface area contributed by atoms with Crippen LogP contribution >= 0.6 is 11.8 Å². The molecule has 3 N–H and O–H groups in total. The molecular weight excluding hydrogens is 346 g/mol. The van der Waals surface area contributed by atoms with Gasteiger partial charge in [-0.15, -0.1) is 0 Å². The Kier molecular flexibility index (Phi) is 6.12. The Labute approximate surface area is 160 Å². The second-order valence-corrected chi connectivity index (χ2v) is 8.39. The second kappa shape index (κ2) is 8.33. The molecule has 0 unspecified atom stereocenters. The Morgan fingerprint density at radius 3 is 2.88 bits per heavy atom. The predicted molar refractivity (Wildman–Crippen MR) is 107 cm³/mol. The number of benzene rings is 1. The Balaban J connectivity index is 1.67. The Hall–Kier alpha value is -1.69. The smallest absolute Gasteiger partial charge is 0.251 e. The van der Waals surface area contributed by atoms with E-state index in [-0.39, 0.29) is 23.9 Å². The normalized spacial score (nSPS) is 24.5. The number of thioether (sulfide) groups is 1. The van der Waals surface area contributed by atoms with Gasteiger partial charge < -0.3 is 16.0 Å². The van der Waals surface area contributed by atoms with Crippen molar-refractivity contribution in [2.24, 2.45) is 5.92 Å². The van der Waals surface area contributed by atoms with Crippen molar-refractivity contribution in [2.75, 3.05) is 24.3 Å². The third kappa shape index (κ3) is 3.85. The molecule has 1 heterocycles. The maximum absolute atomic E-state index is 12.8. The van der Waals surface area contributed by atoms with Crippen molar-refractivity contribution in [1.29, 1.82) is 0 Å². The van der Waals surface area contributed by atoms with Crippen LogP contribution in [-0.4, -0.2) is 47.4 Å². The first-order chi connectivity index (χ1) is 12.5. The van der Waals surface area contributed by atoms with Gasteiger partial charge >= 0.3 is 0 Å². The number of nitrogens with one attached hydrogen (secondary N) is 1. The van der Waals surface area contributed by atoms with Crippen LogP contribution in [0.5, 0.6) is 0 Å². The second-order valence-electron chi connectivity index (χ2n) is 7.40. The van der Waals surface area contributed by atoms with Gasteiger partial charge in [-0.25, -0.2) is 0 Å². The summed E-state index contributed by atoms with van der Waals surface area (Å²) in [5.41, 5.74) is 8.01. The minimum atomic E-state index is -0.0814. The number of anilines is 1. The van der Waals surface area contributed by atoms with Crippen molar-refractivity contribution in [2.45, 2.75) is 51.1 Å². The number of carbonyl (C=O) groups excluding carboxylic acids is 2. The summed E-state index contributed by atoms with van der Waals surface area (Å²) in [7, 11) is 0. The van der Waals surface area contributed by atoms with E-state index in [1.165, 1.54) is 0 Å². The Morgan fingerprint density at radius 2 is 2.12 bits per heavy atom. The Morgan fingerprint density at radius 1 is 1.31 bits per heavy atom. The van der Waals surface area contributed by atoms with Crippen molar-refractivity contribution < 1.29 is 9.59 Å². The molecule has 142 valence electrons. The number of hydrogen-bond acceptors (Lipinski definition) is 4. The zero-order valence-corrected chi connectivity index (χ0v) is 16.5. The molecule has 1 saturated carbocycles. The molecule has 0 aromatic heterocycles. The Bertz CT molecular complexity index is 679. The van der Waals surface area contributed by atoms with Gasteiger partial charge in [0, 0.05) is 30.3 Å². The molecule has 0 radical (unpaired) electrons. The molecule has 1 aliphatic carbocycles. The summed E-state index contributed by atoms with van der Waals surface area (Å²) in [5, 5.41) is 3.19. The topological polar surface area (TPSA) is 75.4 Å². The van der Waals surface area contributed by atoms with Crippen LogP contribution in [0.2, 0.25) is 0 Å². The summed E-state index contributed by atoms with van der Waals surface area (Å²) in [6.45, 7) is 2.70. The SMILES string of the molecule is CSCCCC(=O)N1CC[C@@H]2CC[C@@H](NC(=O)c3cccc(N)c3C)[C@@H]21. The van der Waals surface area contributed by atoms with E-state index in [1.54, 1.807) is 11.8 Å². The highest BCUT2D eigenvalue weighted by Gasteiger charge is 2.46. The van der Waals surface area contributed by atoms with Gasteiger partial charge in [0.1, 0.15) is 0 Å². The van der Waals surface area contributed by atoms with E-state index in [4.69, 9.17) is 5.73 Å². The summed E-state index contributed by atoms with van der Waals surface area (Å²) < 4.78 is 0. The van der Waals surface area contributed by atoms with Gasteiger partial charge in [-0.05, 0) is 68.2 Å². The summed E-state index contributed by atoms with van der Waals surface area (Å²) in [5.74, 6) is 1.70. The fraction of sp³-hybridized carbons (Fsp3) is 0.600. The monoisotopic (exact) mass is 375 g/mol. The van der Waals surface area contributed by atoms with Gasteiger partial charge in [-0.3, -0.25) is 9.59 Å². The van der Waals surface area contributed by atoms with Crippen molar-refractivity contribution in [1.82, 2.24) is 10.2 Å². The van der Waals surface area contributed by atoms with Gasteiger partial charge in [0.25, 0.3) is 5.91 Å². The molecule has 6 heteroatoms. The summed E-state index contributed by atoms with van der Waals surface area (Å²) in [4.78, 5) is 27.5.